The highest BCUT2D eigenvalue weighted by Crippen LogP contribution is 2.30. The van der Waals surface area contributed by atoms with Crippen LogP contribution in [0.4, 0.5) is 4.79 Å². The molecule has 1 heterocycles. The number of hydrogen-bond donors (Lipinski definition) is 0. The van der Waals surface area contributed by atoms with Crippen LogP contribution in [-0.2, 0) is 0 Å². The van der Waals surface area contributed by atoms with Gasteiger partial charge in [-0.15, -0.1) is 0 Å². The average molecular weight is 498 g/mol. The summed E-state index contributed by atoms with van der Waals surface area (Å²) in [7, 11) is 3.34. The van der Waals surface area contributed by atoms with Gasteiger partial charge in [-0.3, -0.25) is 4.79 Å². The van der Waals surface area contributed by atoms with E-state index >= 15 is 0 Å². The van der Waals surface area contributed by atoms with Crippen LogP contribution in [0.2, 0.25) is 0 Å². The second-order valence-electron chi connectivity index (χ2n) is 6.06. The normalized spacial score (nSPS) is 10.3. The van der Waals surface area contributed by atoms with E-state index in [2.05, 4.69) is 9.36 Å². The molecule has 3 rings (SSSR count). The fourth-order valence-electron chi connectivity index (χ4n) is 2.07. The Kier molecular flexibility index (Phi) is 8.42. The zero-order chi connectivity index (χ0) is 22.2. The third-order valence-corrected chi connectivity index (χ3v) is 5.43. The Balaban J connectivity index is 1.53. The molecule has 0 aliphatic heterocycles. The number of amides is 1. The molecule has 1 amide bonds. The molecule has 11 heteroatoms. The summed E-state index contributed by atoms with van der Waals surface area (Å²) >= 11 is 13.1. The van der Waals surface area contributed by atoms with E-state index in [0.29, 0.717) is 33.3 Å². The van der Waals surface area contributed by atoms with E-state index in [9.17, 15) is 4.79 Å². The highest BCUT2D eigenvalue weighted by atomic mass is 35.5. The van der Waals surface area contributed by atoms with Gasteiger partial charge in [0.15, 0.2) is 0 Å². The van der Waals surface area contributed by atoms with E-state index in [0.717, 1.165) is 23.3 Å². The van der Waals surface area contributed by atoms with Crippen molar-refractivity contribution >= 4 is 51.7 Å². The predicted octanol–water partition coefficient (Wildman–Crippen LogP) is 6.59. The van der Waals surface area contributed by atoms with Gasteiger partial charge in [-0.05, 0) is 54.6 Å². The minimum Gasteiger partial charge on any atom is -0.489 e. The van der Waals surface area contributed by atoms with E-state index < -0.39 is 0 Å². The van der Waals surface area contributed by atoms with Crippen LogP contribution in [0.5, 0.6) is 28.2 Å². The van der Waals surface area contributed by atoms with Crippen LogP contribution >= 0.6 is 46.5 Å². The van der Waals surface area contributed by atoms with Crippen molar-refractivity contribution < 1.29 is 19.0 Å². The first-order valence-electron chi connectivity index (χ1n) is 8.81. The lowest BCUT2D eigenvalue weighted by molar-refractivity contribution is 0.241. The second kappa shape index (κ2) is 11.2. The van der Waals surface area contributed by atoms with Gasteiger partial charge in [-0.25, -0.2) is 0 Å². The number of carbonyl (C=O) groups excluding carboxylic acids is 1. The number of thioether (sulfide) groups is 1. The molecule has 3 aromatic rings. The number of rotatable bonds is 8. The lowest BCUT2D eigenvalue weighted by Crippen LogP contribution is -2.16. The molecule has 0 saturated heterocycles. The molecule has 162 valence electrons. The third-order valence-electron chi connectivity index (χ3n) is 3.51. The van der Waals surface area contributed by atoms with Gasteiger partial charge in [0.2, 0.25) is 5.16 Å². The molecule has 0 spiro atoms. The fraction of sp³-hybridized carbons (Fsp3) is 0.150. The van der Waals surface area contributed by atoms with E-state index in [-0.39, 0.29) is 16.3 Å². The summed E-state index contributed by atoms with van der Waals surface area (Å²) in [5.41, 5.74) is 0. The van der Waals surface area contributed by atoms with Crippen molar-refractivity contribution in [2.75, 3.05) is 20.7 Å². The first kappa shape index (κ1) is 23.2. The summed E-state index contributed by atoms with van der Waals surface area (Å²) in [6.45, 7) is 0.282. The van der Waals surface area contributed by atoms with Crippen molar-refractivity contribution in [1.29, 1.82) is 0 Å². The molecule has 1 aromatic heterocycles. The number of ether oxygens (including phenoxy) is 3. The first-order chi connectivity index (χ1) is 14.9. The Morgan fingerprint density at radius 2 is 1.55 bits per heavy atom. The molecule has 0 unspecified atom stereocenters. The van der Waals surface area contributed by atoms with Crippen molar-refractivity contribution in [3.05, 3.63) is 59.1 Å². The van der Waals surface area contributed by atoms with Crippen molar-refractivity contribution in [2.24, 2.45) is 0 Å². The molecule has 0 bridgehead atoms. The van der Waals surface area contributed by atoms with Crippen molar-refractivity contribution in [3.63, 3.8) is 0 Å². The van der Waals surface area contributed by atoms with E-state index in [1.54, 1.807) is 68.7 Å². The maximum absolute atomic E-state index is 11.7. The monoisotopic (exact) mass is 497 g/mol. The van der Waals surface area contributed by atoms with Gasteiger partial charge in [0.25, 0.3) is 10.4 Å². The van der Waals surface area contributed by atoms with Crippen LogP contribution in [-0.4, -0.2) is 40.2 Å². The molecule has 31 heavy (non-hydrogen) atoms. The molecule has 0 atom stereocenters. The van der Waals surface area contributed by atoms with Gasteiger partial charge in [0.1, 0.15) is 34.1 Å². The summed E-state index contributed by atoms with van der Waals surface area (Å²) in [5.74, 6) is 2.55. The van der Waals surface area contributed by atoms with E-state index in [4.69, 9.17) is 37.4 Å². The van der Waals surface area contributed by atoms with Crippen LogP contribution in [0.3, 0.4) is 0 Å². The van der Waals surface area contributed by atoms with Gasteiger partial charge in [-0.1, -0.05) is 23.2 Å². The maximum atomic E-state index is 11.7. The Morgan fingerprint density at radius 3 is 2.10 bits per heavy atom. The lowest BCUT2D eigenvalue weighted by Gasteiger charge is -2.08. The Hall–Kier alpha value is -2.46. The van der Waals surface area contributed by atoms with Gasteiger partial charge < -0.3 is 19.1 Å². The van der Waals surface area contributed by atoms with E-state index in [1.807, 2.05) is 0 Å². The zero-order valence-electron chi connectivity index (χ0n) is 16.5. The maximum Gasteiger partial charge on any atom is 0.299 e. The fourth-order valence-corrected chi connectivity index (χ4v) is 3.44. The second-order valence-corrected chi connectivity index (χ2v) is 8.70. The Bertz CT molecular complexity index is 1040. The summed E-state index contributed by atoms with van der Waals surface area (Å²) in [6.07, 6.45) is 1.56. The van der Waals surface area contributed by atoms with Crippen molar-refractivity contribution in [2.45, 2.75) is 5.16 Å². The quantitative estimate of drug-likeness (QED) is 0.324. The average Bonchev–Trinajstić information content (AvgIpc) is 3.17. The molecule has 0 radical (unpaired) electrons. The van der Waals surface area contributed by atoms with Crippen molar-refractivity contribution in [1.82, 2.24) is 14.3 Å². The van der Waals surface area contributed by atoms with Crippen LogP contribution in [0, 0.1) is 0 Å². The molecular formula is C20H17Cl2N3O4S2. The number of benzene rings is 2. The van der Waals surface area contributed by atoms with Crippen LogP contribution in [0.15, 0.2) is 64.3 Å². The highest BCUT2D eigenvalue weighted by Gasteiger charge is 2.13. The predicted molar refractivity (Wildman–Crippen MR) is 123 cm³/mol. The first-order valence-corrected chi connectivity index (χ1v) is 11.2. The lowest BCUT2D eigenvalue weighted by atomic mass is 10.3. The van der Waals surface area contributed by atoms with Crippen LogP contribution in [0.25, 0.3) is 0 Å². The Labute approximate surface area is 197 Å². The largest absolute Gasteiger partial charge is 0.489 e. The Morgan fingerprint density at radius 1 is 1.00 bits per heavy atom. The number of halogens is 2. The minimum absolute atomic E-state index is 0.151. The highest BCUT2D eigenvalue weighted by molar-refractivity contribution is 8.13. The third kappa shape index (κ3) is 7.62. The number of nitrogens with zero attached hydrogens (tertiary/aromatic N) is 3. The molecule has 0 saturated carbocycles. The SMILES string of the molecule is CN(C)C(=O)Sc1nsc(Oc2ccc(Oc3ccc(OCC=C(Cl)Cl)cc3)cc2)n1. The summed E-state index contributed by atoms with van der Waals surface area (Å²) in [5, 5.41) is 0.554. The summed E-state index contributed by atoms with van der Waals surface area (Å²) < 4.78 is 21.3. The minimum atomic E-state index is -0.151. The molecule has 0 aliphatic rings. The molecule has 0 aliphatic carbocycles. The molecule has 2 aromatic carbocycles. The van der Waals surface area contributed by atoms with Gasteiger partial charge in [0, 0.05) is 37.4 Å². The van der Waals surface area contributed by atoms with Gasteiger partial charge in [-0.2, -0.15) is 9.36 Å². The van der Waals surface area contributed by atoms with Crippen molar-refractivity contribution in [3.8, 4) is 28.2 Å². The molecule has 0 fully saturated rings. The standard InChI is InChI=1S/C20H17Cl2N3O4S2/c1-25(2)20(26)30-18-23-19(31-24-18)29-16-9-7-15(8-10-16)28-14-5-3-13(4-6-14)27-12-11-17(21)22/h3-11H,12H2,1-2H3. The number of carbonyl (C=O) groups is 1. The summed E-state index contributed by atoms with van der Waals surface area (Å²) in [6, 6.07) is 14.2. The summed E-state index contributed by atoms with van der Waals surface area (Å²) in [4.78, 5) is 17.4. The zero-order valence-corrected chi connectivity index (χ0v) is 19.6. The topological polar surface area (TPSA) is 73.8 Å². The molecule has 0 N–H and O–H groups in total. The van der Waals surface area contributed by atoms with Crippen LogP contribution in [0.1, 0.15) is 0 Å². The van der Waals surface area contributed by atoms with Gasteiger partial charge >= 0.3 is 0 Å². The van der Waals surface area contributed by atoms with Gasteiger partial charge in [0.05, 0.1) is 0 Å². The number of aromatic nitrogens is 2. The molecule has 7 nitrogen and oxygen atoms in total. The van der Waals surface area contributed by atoms with E-state index in [1.165, 1.54) is 4.90 Å². The van der Waals surface area contributed by atoms with Crippen LogP contribution < -0.4 is 14.2 Å². The smallest absolute Gasteiger partial charge is 0.299 e. The number of hydrogen-bond acceptors (Lipinski definition) is 8. The molecular weight excluding hydrogens is 481 g/mol.